The molecule has 0 amide bonds. The molecule has 4 atom stereocenters. The van der Waals surface area contributed by atoms with Gasteiger partial charge in [-0.05, 0) is 12.2 Å². The van der Waals surface area contributed by atoms with Gasteiger partial charge in [0.15, 0.2) is 4.77 Å². The molecule has 1 aliphatic rings. The summed E-state index contributed by atoms with van der Waals surface area (Å²) < 4.78 is 17.9. The van der Waals surface area contributed by atoms with Crippen LogP contribution in [0.3, 0.4) is 0 Å². The lowest BCUT2D eigenvalue weighted by Crippen LogP contribution is -2.36. The summed E-state index contributed by atoms with van der Waals surface area (Å²) in [6, 6.07) is 0. The summed E-state index contributed by atoms with van der Waals surface area (Å²) in [5.74, 6) is 0. The quantitative estimate of drug-likeness (QED) is 0.466. The fourth-order valence-electron chi connectivity index (χ4n) is 2.38. The fourth-order valence-corrected chi connectivity index (χ4v) is 2.52. The Morgan fingerprint density at radius 1 is 1.50 bits per heavy atom. The first-order valence-corrected chi connectivity index (χ1v) is 7.25. The lowest BCUT2D eigenvalue weighted by atomic mass is 10.0. The van der Waals surface area contributed by atoms with E-state index >= 15 is 0 Å². The second-order valence-corrected chi connectivity index (χ2v) is 5.44. The van der Waals surface area contributed by atoms with E-state index in [1.807, 2.05) is 0 Å². The van der Waals surface area contributed by atoms with E-state index in [2.05, 4.69) is 4.98 Å². The van der Waals surface area contributed by atoms with Gasteiger partial charge in [-0.1, -0.05) is 0 Å². The molecular weight excluding hydrogens is 312 g/mol. The second-order valence-electron chi connectivity index (χ2n) is 5.05. The van der Waals surface area contributed by atoms with Crippen molar-refractivity contribution in [2.75, 3.05) is 26.9 Å². The highest BCUT2D eigenvalue weighted by Crippen LogP contribution is 2.34. The van der Waals surface area contributed by atoms with Gasteiger partial charge < -0.3 is 29.0 Å². The minimum atomic E-state index is -1.04. The number of aliphatic hydroxyl groups excluding tert-OH is 2. The summed E-state index contributed by atoms with van der Waals surface area (Å²) in [5.41, 5.74) is -0.118. The summed E-state index contributed by atoms with van der Waals surface area (Å²) in [6.07, 6.45) is -1.88. The summed E-state index contributed by atoms with van der Waals surface area (Å²) in [4.78, 5) is 14.7. The van der Waals surface area contributed by atoms with Crippen molar-refractivity contribution in [3.05, 3.63) is 26.9 Å². The molecule has 9 heteroatoms. The number of nitrogens with zero attached hydrogens (tertiary/aromatic N) is 1. The van der Waals surface area contributed by atoms with E-state index in [1.165, 1.54) is 7.11 Å². The molecule has 22 heavy (non-hydrogen) atoms. The number of hydrogen-bond donors (Lipinski definition) is 3. The summed E-state index contributed by atoms with van der Waals surface area (Å²) in [7, 11) is 3.23. The molecule has 0 bridgehead atoms. The molecule has 0 radical (unpaired) electrons. The third kappa shape index (κ3) is 3.45. The van der Waals surface area contributed by atoms with Crippen molar-refractivity contribution in [2.24, 2.45) is 7.05 Å². The largest absolute Gasteiger partial charge is 0.394 e. The number of rotatable bonds is 6. The highest BCUT2D eigenvalue weighted by molar-refractivity contribution is 7.71. The predicted octanol–water partition coefficient (Wildman–Crippen LogP) is -0.732. The molecule has 124 valence electrons. The number of aromatic amines is 1. The van der Waals surface area contributed by atoms with Gasteiger partial charge in [-0.25, -0.2) is 0 Å². The number of H-pyrrole nitrogens is 1. The Balaban J connectivity index is 2.31. The topological polar surface area (TPSA) is 106 Å². The van der Waals surface area contributed by atoms with Crippen LogP contribution in [0.15, 0.2) is 11.0 Å². The molecule has 8 nitrogen and oxygen atoms in total. The molecule has 1 aliphatic heterocycles. The number of ether oxygens (including phenoxy) is 3. The van der Waals surface area contributed by atoms with Crippen LogP contribution in [0.4, 0.5) is 0 Å². The normalized spacial score (nSPS) is 28.2. The maximum absolute atomic E-state index is 12.1. The molecule has 0 aromatic carbocycles. The van der Waals surface area contributed by atoms with Crippen LogP contribution in [-0.4, -0.2) is 65.0 Å². The summed E-state index contributed by atoms with van der Waals surface area (Å²) >= 11 is 4.99. The van der Waals surface area contributed by atoms with Gasteiger partial charge in [0.1, 0.15) is 24.4 Å². The fraction of sp³-hybridized carbons (Fsp3) is 0.692. The van der Waals surface area contributed by atoms with Crippen molar-refractivity contribution in [3.63, 3.8) is 0 Å². The van der Waals surface area contributed by atoms with Gasteiger partial charge in [-0.3, -0.25) is 9.78 Å². The molecular formula is C13H20N2O6S. The van der Waals surface area contributed by atoms with Crippen molar-refractivity contribution in [2.45, 2.75) is 24.4 Å². The minimum absolute atomic E-state index is 0.236. The van der Waals surface area contributed by atoms with E-state index in [1.54, 1.807) is 17.8 Å². The van der Waals surface area contributed by atoms with E-state index in [9.17, 15) is 15.0 Å². The highest BCUT2D eigenvalue weighted by atomic mass is 32.1. The lowest BCUT2D eigenvalue weighted by molar-refractivity contribution is -0.0536. The maximum atomic E-state index is 12.1. The zero-order chi connectivity index (χ0) is 16.3. The molecule has 0 saturated carbocycles. The second kappa shape index (κ2) is 7.44. The number of aliphatic hydroxyl groups is 2. The van der Waals surface area contributed by atoms with Crippen LogP contribution in [0.2, 0.25) is 0 Å². The average Bonchev–Trinajstić information content (AvgIpc) is 2.80. The Bertz CT molecular complexity index is 615. The number of aryl methyl sites for hydroxylation is 1. The molecule has 1 aromatic rings. The van der Waals surface area contributed by atoms with E-state index in [4.69, 9.17) is 26.4 Å². The Kier molecular flexibility index (Phi) is 5.84. The molecule has 1 fully saturated rings. The average molecular weight is 332 g/mol. The van der Waals surface area contributed by atoms with Crippen LogP contribution in [0.5, 0.6) is 0 Å². The molecule has 2 unspecified atom stereocenters. The van der Waals surface area contributed by atoms with E-state index < -0.39 is 30.0 Å². The standard InChI is InChI=1S/C13H20N2O6S/c1-15-5-7(12(18)14-13(15)22)10-11(20-4-3-19-2)9(17)8(6-16)21-10/h5,8-11,16-17H,3-4,6H2,1-2H3,(H,14,18,22)/t8-,9?,10+,11?/m1/s1. The van der Waals surface area contributed by atoms with Crippen molar-refractivity contribution in [3.8, 4) is 0 Å². The summed E-state index contributed by atoms with van der Waals surface area (Å²) in [6.45, 7) is 0.208. The Morgan fingerprint density at radius 3 is 2.86 bits per heavy atom. The predicted molar refractivity (Wildman–Crippen MR) is 79.2 cm³/mol. The van der Waals surface area contributed by atoms with Gasteiger partial charge in [0.05, 0.1) is 25.4 Å². The number of methoxy groups -OCH3 is 1. The van der Waals surface area contributed by atoms with Gasteiger partial charge in [0, 0.05) is 20.4 Å². The molecule has 3 N–H and O–H groups in total. The Labute approximate surface area is 132 Å². The third-order valence-electron chi connectivity index (χ3n) is 3.56. The molecule has 1 saturated heterocycles. The van der Waals surface area contributed by atoms with Gasteiger partial charge in [0.2, 0.25) is 0 Å². The Morgan fingerprint density at radius 2 is 2.23 bits per heavy atom. The number of hydrogen-bond acceptors (Lipinski definition) is 7. The molecule has 0 aliphatic carbocycles. The first-order chi connectivity index (χ1) is 10.5. The first kappa shape index (κ1) is 17.3. The van der Waals surface area contributed by atoms with Crippen LogP contribution in [-0.2, 0) is 21.3 Å². The monoisotopic (exact) mass is 332 g/mol. The van der Waals surface area contributed by atoms with Crippen LogP contribution in [0, 0.1) is 4.77 Å². The van der Waals surface area contributed by atoms with Gasteiger partial charge in [-0.15, -0.1) is 0 Å². The third-order valence-corrected chi connectivity index (χ3v) is 3.95. The molecule has 2 rings (SSSR count). The maximum Gasteiger partial charge on any atom is 0.257 e. The highest BCUT2D eigenvalue weighted by Gasteiger charge is 2.46. The van der Waals surface area contributed by atoms with E-state index in [0.29, 0.717) is 6.61 Å². The smallest absolute Gasteiger partial charge is 0.257 e. The van der Waals surface area contributed by atoms with Crippen LogP contribution in [0.1, 0.15) is 11.7 Å². The van der Waals surface area contributed by atoms with Crippen LogP contribution in [0.25, 0.3) is 0 Å². The molecule has 1 aromatic heterocycles. The van der Waals surface area contributed by atoms with Gasteiger partial charge >= 0.3 is 0 Å². The van der Waals surface area contributed by atoms with Gasteiger partial charge in [0.25, 0.3) is 5.56 Å². The van der Waals surface area contributed by atoms with E-state index in [0.717, 1.165) is 0 Å². The SMILES string of the molecule is COCCOC1C(O)[C@@H](CO)O[C@H]1c1cn(C)c(=S)[nH]c1=O. The van der Waals surface area contributed by atoms with Crippen LogP contribution >= 0.6 is 12.2 Å². The van der Waals surface area contributed by atoms with Crippen molar-refractivity contribution in [1.82, 2.24) is 9.55 Å². The first-order valence-electron chi connectivity index (χ1n) is 6.84. The van der Waals surface area contributed by atoms with Crippen molar-refractivity contribution < 1.29 is 24.4 Å². The van der Waals surface area contributed by atoms with Crippen molar-refractivity contribution in [1.29, 1.82) is 0 Å². The molecule has 0 spiro atoms. The van der Waals surface area contributed by atoms with Gasteiger partial charge in [-0.2, -0.15) is 0 Å². The number of nitrogens with one attached hydrogen (secondary N) is 1. The zero-order valence-electron chi connectivity index (χ0n) is 12.4. The minimum Gasteiger partial charge on any atom is -0.394 e. The molecule has 2 heterocycles. The lowest BCUT2D eigenvalue weighted by Gasteiger charge is -2.21. The van der Waals surface area contributed by atoms with Crippen LogP contribution < -0.4 is 5.56 Å². The summed E-state index contributed by atoms with van der Waals surface area (Å²) in [5, 5.41) is 19.5. The Hall–Kier alpha value is -1.10. The number of aromatic nitrogens is 2. The van der Waals surface area contributed by atoms with Crippen molar-refractivity contribution >= 4 is 12.2 Å². The zero-order valence-corrected chi connectivity index (χ0v) is 13.2. The van der Waals surface area contributed by atoms with E-state index in [-0.39, 0.29) is 23.5 Å².